The smallest absolute Gasteiger partial charge is 0.251 e. The van der Waals surface area contributed by atoms with Crippen LogP contribution in [0.4, 0.5) is 5.69 Å². The molecule has 158 valence electrons. The minimum atomic E-state index is -0.285. The summed E-state index contributed by atoms with van der Waals surface area (Å²) < 4.78 is 3.05. The number of rotatable bonds is 9. The van der Waals surface area contributed by atoms with E-state index in [0.717, 1.165) is 41.6 Å². The van der Waals surface area contributed by atoms with E-state index >= 15 is 0 Å². The third-order valence-electron chi connectivity index (χ3n) is 5.10. The Morgan fingerprint density at radius 1 is 1.07 bits per heavy atom. The standard InChI is InChI=1S/C23H27BrN4O2/c1-3-27(4-2)12-13-28-11-10-17-15-20(8-9-21(17)28)26-22(29)16-25-23(30)18-6-5-7-19(24)14-18/h5-11,14-15H,3-4,12-13,16H2,1-2H3,(H,25,30)(H,26,29). The molecule has 0 unspecified atom stereocenters. The lowest BCUT2D eigenvalue weighted by Crippen LogP contribution is -2.32. The van der Waals surface area contributed by atoms with Gasteiger partial charge < -0.3 is 20.1 Å². The van der Waals surface area contributed by atoms with Crippen molar-refractivity contribution in [1.82, 2.24) is 14.8 Å². The molecule has 2 aromatic carbocycles. The normalized spacial score (nSPS) is 11.1. The molecule has 0 radical (unpaired) electrons. The third-order valence-corrected chi connectivity index (χ3v) is 5.60. The molecule has 0 atom stereocenters. The fraction of sp³-hybridized carbons (Fsp3) is 0.304. The molecule has 0 aliphatic rings. The van der Waals surface area contributed by atoms with Crippen molar-refractivity contribution in [3.8, 4) is 0 Å². The van der Waals surface area contributed by atoms with E-state index in [0.29, 0.717) is 11.3 Å². The van der Waals surface area contributed by atoms with Crippen LogP contribution in [-0.4, -0.2) is 47.5 Å². The van der Waals surface area contributed by atoms with Crippen molar-refractivity contribution in [1.29, 1.82) is 0 Å². The predicted octanol–water partition coefficient (Wildman–Crippen LogP) is 4.11. The summed E-state index contributed by atoms with van der Waals surface area (Å²) >= 11 is 3.34. The Bertz CT molecular complexity index is 1030. The summed E-state index contributed by atoms with van der Waals surface area (Å²) in [6, 6.07) is 15.0. The molecule has 0 saturated heterocycles. The number of hydrogen-bond donors (Lipinski definition) is 2. The number of aromatic nitrogens is 1. The van der Waals surface area contributed by atoms with Gasteiger partial charge in [0.2, 0.25) is 5.91 Å². The molecule has 0 saturated carbocycles. The van der Waals surface area contributed by atoms with Gasteiger partial charge in [-0.3, -0.25) is 9.59 Å². The van der Waals surface area contributed by atoms with E-state index in [1.165, 1.54) is 0 Å². The van der Waals surface area contributed by atoms with Gasteiger partial charge in [0.05, 0.1) is 6.54 Å². The zero-order chi connectivity index (χ0) is 21.5. The number of benzene rings is 2. The van der Waals surface area contributed by atoms with Crippen molar-refractivity contribution in [2.45, 2.75) is 20.4 Å². The van der Waals surface area contributed by atoms with Crippen molar-refractivity contribution >= 4 is 44.3 Å². The lowest BCUT2D eigenvalue weighted by molar-refractivity contribution is -0.115. The highest BCUT2D eigenvalue weighted by Crippen LogP contribution is 2.20. The second kappa shape index (κ2) is 10.4. The van der Waals surface area contributed by atoms with E-state index in [4.69, 9.17) is 0 Å². The van der Waals surface area contributed by atoms with E-state index in [-0.39, 0.29) is 18.4 Å². The Morgan fingerprint density at radius 2 is 1.87 bits per heavy atom. The highest BCUT2D eigenvalue weighted by Gasteiger charge is 2.10. The van der Waals surface area contributed by atoms with Crippen molar-refractivity contribution < 1.29 is 9.59 Å². The van der Waals surface area contributed by atoms with E-state index in [2.05, 4.69) is 62.1 Å². The molecule has 3 rings (SSSR count). The van der Waals surface area contributed by atoms with Crippen LogP contribution in [0.15, 0.2) is 59.2 Å². The second-order valence-corrected chi connectivity index (χ2v) is 7.97. The number of hydrogen-bond acceptors (Lipinski definition) is 3. The Morgan fingerprint density at radius 3 is 2.60 bits per heavy atom. The van der Waals surface area contributed by atoms with Crippen LogP contribution in [0.2, 0.25) is 0 Å². The number of carbonyl (C=O) groups is 2. The number of carbonyl (C=O) groups excluding carboxylic acids is 2. The molecule has 0 bridgehead atoms. The molecule has 1 aromatic heterocycles. The molecule has 7 heteroatoms. The minimum absolute atomic E-state index is 0.0890. The van der Waals surface area contributed by atoms with Gasteiger partial charge in [0.25, 0.3) is 5.91 Å². The SMILES string of the molecule is CCN(CC)CCn1ccc2cc(NC(=O)CNC(=O)c3cccc(Br)c3)ccc21. The number of nitrogens with zero attached hydrogens (tertiary/aromatic N) is 2. The quantitative estimate of drug-likeness (QED) is 0.494. The first-order valence-electron chi connectivity index (χ1n) is 10.1. The molecule has 2 amide bonds. The van der Waals surface area contributed by atoms with Crippen LogP contribution in [0.3, 0.4) is 0 Å². The summed E-state index contributed by atoms with van der Waals surface area (Å²) in [5.41, 5.74) is 2.36. The van der Waals surface area contributed by atoms with Crippen LogP contribution in [0.1, 0.15) is 24.2 Å². The van der Waals surface area contributed by atoms with Gasteiger partial charge >= 0.3 is 0 Å². The van der Waals surface area contributed by atoms with Crippen molar-refractivity contribution in [3.05, 3.63) is 64.8 Å². The minimum Gasteiger partial charge on any atom is -0.346 e. The summed E-state index contributed by atoms with van der Waals surface area (Å²) in [4.78, 5) is 26.8. The lowest BCUT2D eigenvalue weighted by atomic mass is 10.2. The molecule has 2 N–H and O–H groups in total. The number of amides is 2. The van der Waals surface area contributed by atoms with Gasteiger partial charge in [-0.2, -0.15) is 0 Å². The maximum Gasteiger partial charge on any atom is 0.251 e. The highest BCUT2D eigenvalue weighted by molar-refractivity contribution is 9.10. The Labute approximate surface area is 185 Å². The monoisotopic (exact) mass is 470 g/mol. The van der Waals surface area contributed by atoms with Gasteiger partial charge in [-0.25, -0.2) is 0 Å². The largest absolute Gasteiger partial charge is 0.346 e. The van der Waals surface area contributed by atoms with E-state index in [1.807, 2.05) is 24.3 Å². The first-order valence-corrected chi connectivity index (χ1v) is 10.9. The van der Waals surface area contributed by atoms with Crippen LogP contribution >= 0.6 is 15.9 Å². The summed E-state index contributed by atoms with van der Waals surface area (Å²) in [5, 5.41) is 6.57. The van der Waals surface area contributed by atoms with E-state index in [1.54, 1.807) is 18.2 Å². The highest BCUT2D eigenvalue weighted by atomic mass is 79.9. The van der Waals surface area contributed by atoms with Gasteiger partial charge in [-0.1, -0.05) is 35.8 Å². The van der Waals surface area contributed by atoms with Crippen LogP contribution < -0.4 is 10.6 Å². The molecule has 30 heavy (non-hydrogen) atoms. The Balaban J connectivity index is 1.56. The first-order chi connectivity index (χ1) is 14.5. The molecule has 0 spiro atoms. The molecular weight excluding hydrogens is 444 g/mol. The predicted molar refractivity (Wildman–Crippen MR) is 125 cm³/mol. The van der Waals surface area contributed by atoms with Crippen LogP contribution in [-0.2, 0) is 11.3 Å². The van der Waals surface area contributed by atoms with Gasteiger partial charge in [-0.05, 0) is 55.6 Å². The average Bonchev–Trinajstić information content (AvgIpc) is 3.15. The molecule has 6 nitrogen and oxygen atoms in total. The number of likely N-dealkylation sites (N-methyl/N-ethyl adjacent to an activating group) is 1. The molecule has 0 aliphatic carbocycles. The first kappa shape index (κ1) is 22.1. The fourth-order valence-electron chi connectivity index (χ4n) is 3.36. The second-order valence-electron chi connectivity index (χ2n) is 7.05. The van der Waals surface area contributed by atoms with Gasteiger partial charge in [-0.15, -0.1) is 0 Å². The maximum absolute atomic E-state index is 12.3. The molecule has 3 aromatic rings. The summed E-state index contributed by atoms with van der Waals surface area (Å²) in [7, 11) is 0. The van der Waals surface area contributed by atoms with Crippen molar-refractivity contribution in [2.24, 2.45) is 0 Å². The molecule has 0 aliphatic heterocycles. The molecule has 1 heterocycles. The third kappa shape index (κ3) is 5.70. The number of nitrogens with one attached hydrogen (secondary N) is 2. The van der Waals surface area contributed by atoms with Gasteiger partial charge in [0, 0.05) is 45.9 Å². The number of anilines is 1. The fourth-order valence-corrected chi connectivity index (χ4v) is 3.76. The van der Waals surface area contributed by atoms with Crippen molar-refractivity contribution in [3.63, 3.8) is 0 Å². The van der Waals surface area contributed by atoms with Crippen molar-refractivity contribution in [2.75, 3.05) is 31.5 Å². The molecule has 0 fully saturated rings. The van der Waals surface area contributed by atoms with E-state index < -0.39 is 0 Å². The number of fused-ring (bicyclic) bond motifs is 1. The summed E-state index contributed by atoms with van der Waals surface area (Å²) in [5.74, 6) is -0.550. The Kier molecular flexibility index (Phi) is 7.65. The number of halogens is 1. The Hall–Kier alpha value is -2.64. The van der Waals surface area contributed by atoms with Gasteiger partial charge in [0.1, 0.15) is 0 Å². The topological polar surface area (TPSA) is 66.4 Å². The summed E-state index contributed by atoms with van der Waals surface area (Å²) in [6.45, 7) is 8.29. The summed E-state index contributed by atoms with van der Waals surface area (Å²) in [6.07, 6.45) is 2.08. The van der Waals surface area contributed by atoms with Gasteiger partial charge in [0.15, 0.2) is 0 Å². The van der Waals surface area contributed by atoms with Crippen LogP contribution in [0, 0.1) is 0 Å². The molecular formula is C23H27BrN4O2. The van der Waals surface area contributed by atoms with Crippen LogP contribution in [0.25, 0.3) is 10.9 Å². The van der Waals surface area contributed by atoms with Crippen LogP contribution in [0.5, 0.6) is 0 Å². The average molecular weight is 471 g/mol. The zero-order valence-electron chi connectivity index (χ0n) is 17.3. The van der Waals surface area contributed by atoms with E-state index in [9.17, 15) is 9.59 Å². The lowest BCUT2D eigenvalue weighted by Gasteiger charge is -2.18. The maximum atomic E-state index is 12.3. The zero-order valence-corrected chi connectivity index (χ0v) is 18.9.